The lowest BCUT2D eigenvalue weighted by atomic mass is 10.0. The summed E-state index contributed by atoms with van der Waals surface area (Å²) in [4.78, 5) is 10.9. The van der Waals surface area contributed by atoms with Crippen molar-refractivity contribution in [1.29, 1.82) is 0 Å². The molecule has 0 fully saturated rings. The predicted octanol–water partition coefficient (Wildman–Crippen LogP) is 3.01. The number of benzene rings is 1. The van der Waals surface area contributed by atoms with Gasteiger partial charge in [0, 0.05) is 6.92 Å². The van der Waals surface area contributed by atoms with Crippen LogP contribution in [0.25, 0.3) is 0 Å². The van der Waals surface area contributed by atoms with Gasteiger partial charge in [-0.3, -0.25) is 4.79 Å². The molecule has 3 heteroatoms. The molecule has 0 aliphatic heterocycles. The Kier molecular flexibility index (Phi) is 4.49. The Morgan fingerprint density at radius 1 is 1.07 bits per heavy atom. The molecule has 0 aliphatic carbocycles. The molecule has 0 spiro atoms. The third-order valence-corrected chi connectivity index (χ3v) is 2.54. The average Bonchev–Trinajstić information content (AvgIpc) is 2.09. The van der Waals surface area contributed by atoms with Crippen molar-refractivity contribution in [1.82, 2.24) is 6.15 Å². The highest BCUT2D eigenvalue weighted by atomic mass is 16.5. The summed E-state index contributed by atoms with van der Waals surface area (Å²) >= 11 is 0. The molecule has 0 aliphatic rings. The Labute approximate surface area is 91.0 Å². The molecule has 15 heavy (non-hydrogen) atoms. The molecule has 0 unspecified atom stereocenters. The molecule has 1 aromatic carbocycles. The quantitative estimate of drug-likeness (QED) is 0.571. The van der Waals surface area contributed by atoms with E-state index in [1.807, 2.05) is 27.7 Å². The number of ether oxygens (including phenoxy) is 1. The molecule has 3 N–H and O–H groups in total. The molecule has 84 valence electrons. The van der Waals surface area contributed by atoms with Gasteiger partial charge in [-0.15, -0.1) is 0 Å². The SMILES string of the molecule is CC(=O)Oc1c(C)c(C)cc(C)c1C.N. The van der Waals surface area contributed by atoms with Gasteiger partial charge in [0.05, 0.1) is 0 Å². The van der Waals surface area contributed by atoms with E-state index >= 15 is 0 Å². The number of hydrogen-bond acceptors (Lipinski definition) is 3. The van der Waals surface area contributed by atoms with Gasteiger partial charge in [-0.1, -0.05) is 6.07 Å². The van der Waals surface area contributed by atoms with Gasteiger partial charge < -0.3 is 10.9 Å². The fourth-order valence-electron chi connectivity index (χ4n) is 1.48. The first-order valence-electron chi connectivity index (χ1n) is 4.69. The second-order valence-electron chi connectivity index (χ2n) is 3.68. The van der Waals surface area contributed by atoms with E-state index in [-0.39, 0.29) is 12.1 Å². The topological polar surface area (TPSA) is 61.3 Å². The Hall–Kier alpha value is -1.35. The Morgan fingerprint density at radius 2 is 1.47 bits per heavy atom. The molecule has 0 radical (unpaired) electrons. The highest BCUT2D eigenvalue weighted by molar-refractivity contribution is 5.71. The van der Waals surface area contributed by atoms with Crippen molar-refractivity contribution in [2.45, 2.75) is 34.6 Å². The second kappa shape index (κ2) is 4.94. The molecule has 0 bridgehead atoms. The largest absolute Gasteiger partial charge is 0.426 e. The van der Waals surface area contributed by atoms with Crippen molar-refractivity contribution in [3.63, 3.8) is 0 Å². The van der Waals surface area contributed by atoms with Gasteiger partial charge in [0.2, 0.25) is 0 Å². The minimum atomic E-state index is -0.263. The van der Waals surface area contributed by atoms with E-state index in [2.05, 4.69) is 6.07 Å². The highest BCUT2D eigenvalue weighted by Gasteiger charge is 2.10. The molecule has 0 aromatic heterocycles. The van der Waals surface area contributed by atoms with Crippen molar-refractivity contribution < 1.29 is 9.53 Å². The normalized spacial score (nSPS) is 9.40. The molecule has 0 atom stereocenters. The number of aryl methyl sites for hydroxylation is 2. The number of rotatable bonds is 1. The molecule has 0 heterocycles. The zero-order valence-corrected chi connectivity index (χ0v) is 10.1. The number of carbonyl (C=O) groups excluding carboxylic acids is 1. The lowest BCUT2D eigenvalue weighted by Crippen LogP contribution is -2.06. The first kappa shape index (κ1) is 13.7. The van der Waals surface area contributed by atoms with Gasteiger partial charge in [-0.05, 0) is 49.9 Å². The van der Waals surface area contributed by atoms with Gasteiger partial charge in [0.1, 0.15) is 5.75 Å². The summed E-state index contributed by atoms with van der Waals surface area (Å²) in [6.45, 7) is 9.42. The maximum atomic E-state index is 10.9. The van der Waals surface area contributed by atoms with Crippen LogP contribution < -0.4 is 10.9 Å². The Balaban J connectivity index is 0.00000196. The van der Waals surface area contributed by atoms with Crippen molar-refractivity contribution in [2.24, 2.45) is 0 Å². The minimum Gasteiger partial charge on any atom is -0.426 e. The summed E-state index contributed by atoms with van der Waals surface area (Å²) in [5.41, 5.74) is 4.40. The number of esters is 1. The van der Waals surface area contributed by atoms with Crippen LogP contribution in [0.3, 0.4) is 0 Å². The maximum absolute atomic E-state index is 10.9. The molecular formula is C12H19NO2. The van der Waals surface area contributed by atoms with Crippen LogP contribution in [0.4, 0.5) is 0 Å². The Morgan fingerprint density at radius 3 is 1.80 bits per heavy atom. The van der Waals surface area contributed by atoms with Crippen LogP contribution in [0.5, 0.6) is 5.75 Å². The molecule has 0 saturated heterocycles. The second-order valence-corrected chi connectivity index (χ2v) is 3.68. The molecule has 0 saturated carbocycles. The van der Waals surface area contributed by atoms with Crippen LogP contribution in [-0.2, 0) is 4.79 Å². The van der Waals surface area contributed by atoms with Crippen molar-refractivity contribution in [3.8, 4) is 5.75 Å². The average molecular weight is 209 g/mol. The van der Waals surface area contributed by atoms with E-state index in [1.165, 1.54) is 6.92 Å². The van der Waals surface area contributed by atoms with E-state index in [1.54, 1.807) is 0 Å². The summed E-state index contributed by atoms with van der Waals surface area (Å²) in [7, 11) is 0. The third kappa shape index (κ3) is 2.80. The maximum Gasteiger partial charge on any atom is 0.308 e. The van der Waals surface area contributed by atoms with Crippen molar-refractivity contribution in [2.75, 3.05) is 0 Å². The fourth-order valence-corrected chi connectivity index (χ4v) is 1.48. The van der Waals surface area contributed by atoms with E-state index in [0.29, 0.717) is 0 Å². The summed E-state index contributed by atoms with van der Waals surface area (Å²) in [5, 5.41) is 0. The number of hydrogen-bond donors (Lipinski definition) is 1. The van der Waals surface area contributed by atoms with E-state index < -0.39 is 0 Å². The van der Waals surface area contributed by atoms with E-state index in [4.69, 9.17) is 4.74 Å². The lowest BCUT2D eigenvalue weighted by molar-refractivity contribution is -0.131. The lowest BCUT2D eigenvalue weighted by Gasteiger charge is -2.13. The van der Waals surface area contributed by atoms with Gasteiger partial charge in [0.15, 0.2) is 0 Å². The minimum absolute atomic E-state index is 0. The van der Waals surface area contributed by atoms with Crippen LogP contribution >= 0.6 is 0 Å². The van der Waals surface area contributed by atoms with E-state index in [0.717, 1.165) is 28.0 Å². The van der Waals surface area contributed by atoms with Gasteiger partial charge in [-0.2, -0.15) is 0 Å². The molecular weight excluding hydrogens is 190 g/mol. The first-order chi connectivity index (χ1) is 6.43. The summed E-state index contributed by atoms with van der Waals surface area (Å²) in [5.74, 6) is 0.455. The first-order valence-corrected chi connectivity index (χ1v) is 4.69. The molecule has 0 amide bonds. The van der Waals surface area contributed by atoms with Crippen LogP contribution in [0.1, 0.15) is 29.2 Å². The standard InChI is InChI=1S/C12H16O2.H3N/c1-7-6-8(2)10(4)12(9(7)3)14-11(5)13;/h6H,1-5H3;1H3. The molecule has 1 rings (SSSR count). The molecule has 3 nitrogen and oxygen atoms in total. The summed E-state index contributed by atoms with van der Waals surface area (Å²) < 4.78 is 5.20. The number of carbonyl (C=O) groups is 1. The smallest absolute Gasteiger partial charge is 0.308 e. The van der Waals surface area contributed by atoms with Gasteiger partial charge in [0.25, 0.3) is 0 Å². The van der Waals surface area contributed by atoms with Crippen molar-refractivity contribution >= 4 is 5.97 Å². The Bertz CT molecular complexity index is 357. The monoisotopic (exact) mass is 209 g/mol. The summed E-state index contributed by atoms with van der Waals surface area (Å²) in [6.07, 6.45) is 0. The van der Waals surface area contributed by atoms with Crippen LogP contribution in [-0.4, -0.2) is 5.97 Å². The highest BCUT2D eigenvalue weighted by Crippen LogP contribution is 2.28. The van der Waals surface area contributed by atoms with Crippen molar-refractivity contribution in [3.05, 3.63) is 28.3 Å². The molecule has 1 aromatic rings. The third-order valence-electron chi connectivity index (χ3n) is 2.54. The zero-order valence-electron chi connectivity index (χ0n) is 10.1. The van der Waals surface area contributed by atoms with E-state index in [9.17, 15) is 4.79 Å². The predicted molar refractivity (Wildman–Crippen MR) is 61.7 cm³/mol. The van der Waals surface area contributed by atoms with Crippen LogP contribution in [0.15, 0.2) is 6.07 Å². The zero-order chi connectivity index (χ0) is 10.9. The van der Waals surface area contributed by atoms with Crippen LogP contribution in [0, 0.1) is 27.7 Å². The summed E-state index contributed by atoms with van der Waals surface area (Å²) in [6, 6.07) is 2.11. The van der Waals surface area contributed by atoms with Gasteiger partial charge >= 0.3 is 5.97 Å². The fraction of sp³-hybridized carbons (Fsp3) is 0.417. The van der Waals surface area contributed by atoms with Crippen LogP contribution in [0.2, 0.25) is 0 Å². The van der Waals surface area contributed by atoms with Gasteiger partial charge in [-0.25, -0.2) is 0 Å².